The average Bonchev–Trinajstić information content (AvgIpc) is 2.50. The number of phenolic OH excluding ortho intramolecular Hbond substituents is 1. The monoisotopic (exact) mass is 322 g/mol. The molecule has 2 aromatic carbocycles. The normalized spacial score (nSPS) is 10.2. The van der Waals surface area contributed by atoms with Crippen molar-refractivity contribution in [2.75, 3.05) is 14.2 Å². The molecule has 0 aromatic heterocycles. The summed E-state index contributed by atoms with van der Waals surface area (Å²) < 4.78 is 15.7. The van der Waals surface area contributed by atoms with Crippen molar-refractivity contribution >= 4 is 17.6 Å². The maximum atomic E-state index is 11.6. The topological polar surface area (TPSA) is 65.0 Å². The molecule has 1 N–H and O–H groups in total. The summed E-state index contributed by atoms with van der Waals surface area (Å²) in [5.41, 5.74) is 1.05. The Kier molecular flexibility index (Phi) is 4.78. The number of methoxy groups -OCH3 is 2. The van der Waals surface area contributed by atoms with Crippen molar-refractivity contribution in [3.05, 3.63) is 46.5 Å². The molecule has 5 nitrogen and oxygen atoms in total. The Morgan fingerprint density at radius 1 is 1.14 bits per heavy atom. The van der Waals surface area contributed by atoms with Crippen molar-refractivity contribution < 1.29 is 24.1 Å². The highest BCUT2D eigenvalue weighted by atomic mass is 35.5. The maximum Gasteiger partial charge on any atom is 0.337 e. The molecule has 0 saturated carbocycles. The maximum absolute atomic E-state index is 11.6. The number of aromatic hydroxyl groups is 1. The Labute approximate surface area is 133 Å². The lowest BCUT2D eigenvalue weighted by Crippen LogP contribution is -2.03. The Morgan fingerprint density at radius 2 is 1.86 bits per heavy atom. The number of hydrogen-bond acceptors (Lipinski definition) is 5. The summed E-state index contributed by atoms with van der Waals surface area (Å²) in [4.78, 5) is 11.6. The van der Waals surface area contributed by atoms with Gasteiger partial charge in [-0.1, -0.05) is 11.6 Å². The third-order valence-electron chi connectivity index (χ3n) is 3.01. The standard InChI is InChI=1S/C16H15ClO5/c1-9-6-10(16(19)21-3)7-14(20-2)15(9)22-13-5-4-11(18)8-12(13)17/h4-8,18H,1-3H3. The molecule has 0 aliphatic rings. The minimum absolute atomic E-state index is 0.0436. The van der Waals surface area contributed by atoms with Gasteiger partial charge < -0.3 is 19.3 Å². The first-order chi connectivity index (χ1) is 10.5. The molecule has 0 fully saturated rings. The van der Waals surface area contributed by atoms with E-state index < -0.39 is 5.97 Å². The molecule has 116 valence electrons. The van der Waals surface area contributed by atoms with E-state index in [1.165, 1.54) is 32.4 Å². The lowest BCUT2D eigenvalue weighted by atomic mass is 10.1. The molecule has 0 unspecified atom stereocenters. The van der Waals surface area contributed by atoms with Gasteiger partial charge in [-0.05, 0) is 36.8 Å². The third kappa shape index (κ3) is 3.26. The van der Waals surface area contributed by atoms with Crippen LogP contribution in [0.25, 0.3) is 0 Å². The Bertz CT molecular complexity index is 712. The van der Waals surface area contributed by atoms with Crippen LogP contribution in [-0.4, -0.2) is 25.3 Å². The molecule has 22 heavy (non-hydrogen) atoms. The molecule has 6 heteroatoms. The van der Waals surface area contributed by atoms with Gasteiger partial charge >= 0.3 is 5.97 Å². The Morgan fingerprint density at radius 3 is 2.45 bits per heavy atom. The van der Waals surface area contributed by atoms with Gasteiger partial charge in [0, 0.05) is 6.07 Å². The highest BCUT2D eigenvalue weighted by molar-refractivity contribution is 6.32. The number of esters is 1. The molecule has 2 aromatic rings. The van der Waals surface area contributed by atoms with Crippen LogP contribution < -0.4 is 9.47 Å². The molecular formula is C16H15ClO5. The van der Waals surface area contributed by atoms with Gasteiger partial charge in [-0.15, -0.1) is 0 Å². The molecule has 2 rings (SSSR count). The van der Waals surface area contributed by atoms with Gasteiger partial charge in [-0.2, -0.15) is 0 Å². The van der Waals surface area contributed by atoms with Crippen LogP contribution in [0.15, 0.2) is 30.3 Å². The highest BCUT2D eigenvalue weighted by Gasteiger charge is 2.16. The summed E-state index contributed by atoms with van der Waals surface area (Å²) >= 11 is 6.03. The van der Waals surface area contributed by atoms with Gasteiger partial charge in [0.25, 0.3) is 0 Å². The van der Waals surface area contributed by atoms with Crippen LogP contribution in [0.3, 0.4) is 0 Å². The van der Waals surface area contributed by atoms with Crippen molar-refractivity contribution in [2.24, 2.45) is 0 Å². The van der Waals surface area contributed by atoms with Crippen molar-refractivity contribution in [2.45, 2.75) is 6.92 Å². The number of aryl methyl sites for hydroxylation is 1. The minimum atomic E-state index is -0.462. The van der Waals surface area contributed by atoms with Crippen LogP contribution in [0.2, 0.25) is 5.02 Å². The number of carbonyl (C=O) groups is 1. The SMILES string of the molecule is COC(=O)c1cc(C)c(Oc2ccc(O)cc2Cl)c(OC)c1. The Hall–Kier alpha value is -2.40. The van der Waals surface area contributed by atoms with Crippen molar-refractivity contribution in [3.8, 4) is 23.0 Å². The second-order valence-electron chi connectivity index (χ2n) is 4.53. The Balaban J connectivity index is 2.44. The number of phenols is 1. The highest BCUT2D eigenvalue weighted by Crippen LogP contribution is 2.39. The first-order valence-corrected chi connectivity index (χ1v) is 6.77. The first-order valence-electron chi connectivity index (χ1n) is 6.39. The van der Waals surface area contributed by atoms with Crippen LogP contribution in [-0.2, 0) is 4.74 Å². The van der Waals surface area contributed by atoms with E-state index in [2.05, 4.69) is 0 Å². The second-order valence-corrected chi connectivity index (χ2v) is 4.94. The summed E-state index contributed by atoms with van der Waals surface area (Å²) in [5, 5.41) is 9.63. The smallest absolute Gasteiger partial charge is 0.337 e. The molecule has 0 amide bonds. The molecule has 0 bridgehead atoms. The quantitative estimate of drug-likeness (QED) is 0.864. The van der Waals surface area contributed by atoms with Gasteiger partial charge in [0.2, 0.25) is 0 Å². The molecular weight excluding hydrogens is 308 g/mol. The first kappa shape index (κ1) is 16.0. The van der Waals surface area contributed by atoms with Gasteiger partial charge in [-0.3, -0.25) is 0 Å². The molecule has 0 atom stereocenters. The minimum Gasteiger partial charge on any atom is -0.508 e. The van der Waals surface area contributed by atoms with E-state index >= 15 is 0 Å². The van der Waals surface area contributed by atoms with E-state index in [-0.39, 0.29) is 10.8 Å². The molecule has 0 aliphatic carbocycles. The summed E-state index contributed by atoms with van der Waals surface area (Å²) in [5.74, 6) is 0.761. The number of benzene rings is 2. The lowest BCUT2D eigenvalue weighted by Gasteiger charge is -2.15. The van der Waals surface area contributed by atoms with Crippen molar-refractivity contribution in [1.29, 1.82) is 0 Å². The van der Waals surface area contributed by atoms with Crippen molar-refractivity contribution in [1.82, 2.24) is 0 Å². The van der Waals surface area contributed by atoms with Gasteiger partial charge in [0.1, 0.15) is 11.5 Å². The van der Waals surface area contributed by atoms with E-state index in [0.717, 1.165) is 0 Å². The fourth-order valence-corrected chi connectivity index (χ4v) is 2.16. The zero-order chi connectivity index (χ0) is 16.3. The molecule has 0 spiro atoms. The van der Waals surface area contributed by atoms with E-state index in [0.29, 0.717) is 28.4 Å². The van der Waals surface area contributed by atoms with Crippen LogP contribution in [0.4, 0.5) is 0 Å². The van der Waals surface area contributed by atoms with Gasteiger partial charge in [0.15, 0.2) is 11.5 Å². The number of ether oxygens (including phenoxy) is 3. The van der Waals surface area contributed by atoms with E-state index in [1.54, 1.807) is 19.1 Å². The average molecular weight is 323 g/mol. The van der Waals surface area contributed by atoms with E-state index in [9.17, 15) is 9.90 Å². The molecule has 0 aliphatic heterocycles. The zero-order valence-corrected chi connectivity index (χ0v) is 13.1. The lowest BCUT2D eigenvalue weighted by molar-refractivity contribution is 0.0600. The van der Waals surface area contributed by atoms with E-state index in [4.69, 9.17) is 25.8 Å². The summed E-state index contributed by atoms with van der Waals surface area (Å²) in [6, 6.07) is 7.55. The molecule has 0 heterocycles. The van der Waals surface area contributed by atoms with Crippen LogP contribution >= 0.6 is 11.6 Å². The van der Waals surface area contributed by atoms with Gasteiger partial charge in [-0.25, -0.2) is 4.79 Å². The molecule has 0 radical (unpaired) electrons. The van der Waals surface area contributed by atoms with Crippen LogP contribution in [0, 0.1) is 6.92 Å². The summed E-state index contributed by atoms with van der Waals surface area (Å²) in [7, 11) is 2.78. The second kappa shape index (κ2) is 6.58. The van der Waals surface area contributed by atoms with Gasteiger partial charge in [0.05, 0.1) is 24.8 Å². The fourth-order valence-electron chi connectivity index (χ4n) is 1.94. The zero-order valence-electron chi connectivity index (χ0n) is 12.3. The number of hydrogen-bond donors (Lipinski definition) is 1. The van der Waals surface area contributed by atoms with Crippen molar-refractivity contribution in [3.63, 3.8) is 0 Å². The fraction of sp³-hybridized carbons (Fsp3) is 0.188. The van der Waals surface area contributed by atoms with Crippen LogP contribution in [0.1, 0.15) is 15.9 Å². The number of rotatable bonds is 4. The van der Waals surface area contributed by atoms with Crippen LogP contribution in [0.5, 0.6) is 23.0 Å². The summed E-state index contributed by atoms with van der Waals surface area (Å²) in [6.45, 7) is 1.78. The predicted octanol–water partition coefficient (Wildman–Crippen LogP) is 3.94. The molecule has 0 saturated heterocycles. The third-order valence-corrected chi connectivity index (χ3v) is 3.30. The van der Waals surface area contributed by atoms with E-state index in [1.807, 2.05) is 0 Å². The summed E-state index contributed by atoms with van der Waals surface area (Å²) in [6.07, 6.45) is 0. The number of halogens is 1. The number of carbonyl (C=O) groups excluding carboxylic acids is 1. The largest absolute Gasteiger partial charge is 0.508 e. The predicted molar refractivity (Wildman–Crippen MR) is 82.3 cm³/mol.